The number of nitrogens with two attached hydrogens (primary N) is 1. The first-order valence-electron chi connectivity index (χ1n) is 16.4. The lowest BCUT2D eigenvalue weighted by Crippen LogP contribution is -2.56. The van der Waals surface area contributed by atoms with Crippen LogP contribution < -0.4 is 16.7 Å². The number of urea groups is 1. The Kier molecular flexibility index (Phi) is 10.5. The molecule has 0 aliphatic carbocycles. The summed E-state index contributed by atoms with van der Waals surface area (Å²) in [5, 5.41) is 3.10. The number of H-pyrrole nitrogens is 1. The fraction of sp³-hybridized carbons (Fsp3) is 0.500. The van der Waals surface area contributed by atoms with Crippen molar-refractivity contribution < 1.29 is 9.59 Å². The number of nitrogens with zero attached hydrogens (tertiary/aromatic N) is 4. The molecule has 3 fully saturated rings. The Morgan fingerprint density at radius 3 is 2.13 bits per heavy atom. The molecule has 0 bridgehead atoms. The zero-order chi connectivity index (χ0) is 32.2. The Labute approximate surface area is 286 Å². The van der Waals surface area contributed by atoms with Crippen molar-refractivity contribution in [1.82, 2.24) is 29.6 Å². The SMILES string of the molecule is Nc1c(Br)cc(C[C@@H](NC(=O)N2CCC(n3cc(-c4ccccc4)[nH]c3=O)CC2)C(=O)N2CCC(N3CCCCC3)CC2)cc1Br. The lowest BCUT2D eigenvalue weighted by molar-refractivity contribution is -0.134. The van der Waals surface area contributed by atoms with Crippen molar-refractivity contribution in [2.24, 2.45) is 0 Å². The van der Waals surface area contributed by atoms with Crippen LogP contribution in [0.3, 0.4) is 0 Å². The first-order valence-corrected chi connectivity index (χ1v) is 18.0. The molecule has 1 atom stereocenters. The molecule has 6 rings (SSSR count). The summed E-state index contributed by atoms with van der Waals surface area (Å²) in [5.74, 6) is -0.0447. The fourth-order valence-corrected chi connectivity index (χ4v) is 8.46. The van der Waals surface area contributed by atoms with Gasteiger partial charge >= 0.3 is 11.7 Å². The van der Waals surface area contributed by atoms with Gasteiger partial charge in [-0.05, 0) is 107 Å². The van der Waals surface area contributed by atoms with Crippen molar-refractivity contribution in [2.45, 2.75) is 69.5 Å². The highest BCUT2D eigenvalue weighted by Crippen LogP contribution is 2.31. The number of imidazole rings is 1. The third-order valence-corrected chi connectivity index (χ3v) is 11.1. The number of aromatic amines is 1. The minimum absolute atomic E-state index is 0.00614. The second-order valence-corrected chi connectivity index (χ2v) is 14.5. The van der Waals surface area contributed by atoms with Crippen LogP contribution in [0.15, 0.2) is 62.4 Å². The van der Waals surface area contributed by atoms with E-state index < -0.39 is 6.04 Å². The van der Waals surface area contributed by atoms with Crippen LogP contribution in [-0.4, -0.2) is 87.5 Å². The maximum Gasteiger partial charge on any atom is 0.326 e. The molecule has 3 aliphatic rings. The second-order valence-electron chi connectivity index (χ2n) is 12.8. The van der Waals surface area contributed by atoms with Gasteiger partial charge in [-0.2, -0.15) is 0 Å². The number of aromatic nitrogens is 2. The molecule has 46 heavy (non-hydrogen) atoms. The molecule has 2 aromatic carbocycles. The molecule has 4 heterocycles. The summed E-state index contributed by atoms with van der Waals surface area (Å²) < 4.78 is 3.25. The van der Waals surface area contributed by atoms with Gasteiger partial charge in [-0.1, -0.05) is 36.8 Å². The van der Waals surface area contributed by atoms with E-state index in [1.165, 1.54) is 19.3 Å². The monoisotopic (exact) mass is 755 g/mol. The number of benzene rings is 2. The quantitative estimate of drug-likeness (QED) is 0.280. The minimum atomic E-state index is -0.708. The predicted molar refractivity (Wildman–Crippen MR) is 188 cm³/mol. The maximum atomic E-state index is 14.0. The number of piperidine rings is 3. The summed E-state index contributed by atoms with van der Waals surface area (Å²) in [4.78, 5) is 49.8. The van der Waals surface area contributed by atoms with Crippen molar-refractivity contribution in [3.8, 4) is 11.3 Å². The Hall–Kier alpha value is -3.09. The number of anilines is 1. The number of likely N-dealkylation sites (tertiary alicyclic amines) is 3. The predicted octanol–water partition coefficient (Wildman–Crippen LogP) is 5.39. The standard InChI is InChI=1S/C34H43Br2N7O3/c35-27-19-23(20-28(36)31(27)37)21-29(32(44)41-15-9-25(10-16-41)40-13-5-2-6-14-40)38-33(45)42-17-11-26(12-18-42)43-22-30(39-34(43)46)24-7-3-1-4-8-24/h1,3-4,7-8,19-20,22,25-26,29H,2,5-6,9-18,21,37H2,(H,38,45)(H,39,46)/t29-/m1/s1. The highest BCUT2D eigenvalue weighted by atomic mass is 79.9. The number of hydrogen-bond acceptors (Lipinski definition) is 5. The third-order valence-electron chi connectivity index (χ3n) is 9.83. The van der Waals surface area contributed by atoms with Crippen LogP contribution in [-0.2, 0) is 11.2 Å². The van der Waals surface area contributed by atoms with E-state index in [1.54, 1.807) is 9.47 Å². The molecule has 246 valence electrons. The van der Waals surface area contributed by atoms with Crippen molar-refractivity contribution in [3.05, 3.63) is 73.7 Å². The van der Waals surface area contributed by atoms with E-state index in [0.717, 1.165) is 51.7 Å². The number of carbonyl (C=O) groups excluding carboxylic acids is 2. The molecular formula is C34H43Br2N7O3. The molecule has 0 radical (unpaired) electrons. The summed E-state index contributed by atoms with van der Waals surface area (Å²) >= 11 is 7.05. The number of carbonyl (C=O) groups is 2. The lowest BCUT2D eigenvalue weighted by atomic mass is 9.98. The third kappa shape index (κ3) is 7.55. The fourth-order valence-electron chi connectivity index (χ4n) is 7.18. The molecule has 12 heteroatoms. The number of hydrogen-bond donors (Lipinski definition) is 3. The smallest absolute Gasteiger partial charge is 0.326 e. The van der Waals surface area contributed by atoms with Gasteiger partial charge in [0.2, 0.25) is 5.91 Å². The molecule has 3 aliphatic heterocycles. The van der Waals surface area contributed by atoms with E-state index in [1.807, 2.05) is 53.6 Å². The molecular weight excluding hydrogens is 714 g/mol. The van der Waals surface area contributed by atoms with Crippen LogP contribution in [0.5, 0.6) is 0 Å². The zero-order valence-corrected chi connectivity index (χ0v) is 29.3. The molecule has 3 saturated heterocycles. The minimum Gasteiger partial charge on any atom is -0.397 e. The number of rotatable bonds is 7. The number of amides is 3. The van der Waals surface area contributed by atoms with Crippen LogP contribution in [0.1, 0.15) is 56.6 Å². The van der Waals surface area contributed by atoms with Crippen molar-refractivity contribution >= 4 is 49.5 Å². The molecule has 0 saturated carbocycles. The second kappa shape index (κ2) is 14.8. The molecule has 0 spiro atoms. The van der Waals surface area contributed by atoms with Crippen LogP contribution in [0.2, 0.25) is 0 Å². The summed E-state index contributed by atoms with van der Waals surface area (Å²) in [7, 11) is 0. The Morgan fingerprint density at radius 1 is 0.870 bits per heavy atom. The Morgan fingerprint density at radius 2 is 1.48 bits per heavy atom. The van der Waals surface area contributed by atoms with E-state index in [9.17, 15) is 14.4 Å². The van der Waals surface area contributed by atoms with E-state index in [0.29, 0.717) is 57.2 Å². The van der Waals surface area contributed by atoms with Crippen LogP contribution in [0.4, 0.5) is 10.5 Å². The van der Waals surface area contributed by atoms with Crippen LogP contribution >= 0.6 is 31.9 Å². The molecule has 1 aromatic heterocycles. The normalized spacial score (nSPS) is 19.3. The summed E-state index contributed by atoms with van der Waals surface area (Å²) in [6, 6.07) is 13.2. The van der Waals surface area contributed by atoms with Crippen molar-refractivity contribution in [3.63, 3.8) is 0 Å². The highest BCUT2D eigenvalue weighted by Gasteiger charge is 2.34. The largest absolute Gasteiger partial charge is 0.397 e. The van der Waals surface area contributed by atoms with Gasteiger partial charge in [0.25, 0.3) is 0 Å². The number of nitrogens with one attached hydrogen (secondary N) is 2. The summed E-state index contributed by atoms with van der Waals surface area (Å²) in [5.41, 5.74) is 9.23. The molecule has 10 nitrogen and oxygen atoms in total. The highest BCUT2D eigenvalue weighted by molar-refractivity contribution is 9.11. The first kappa shape index (κ1) is 32.8. The van der Waals surface area contributed by atoms with Gasteiger partial charge in [-0.15, -0.1) is 0 Å². The zero-order valence-electron chi connectivity index (χ0n) is 26.1. The van der Waals surface area contributed by atoms with Crippen molar-refractivity contribution in [1.29, 1.82) is 0 Å². The van der Waals surface area contributed by atoms with Crippen LogP contribution in [0.25, 0.3) is 11.3 Å². The topological polar surface area (TPSA) is 120 Å². The first-order chi connectivity index (χ1) is 22.3. The van der Waals surface area contributed by atoms with Crippen LogP contribution in [0, 0.1) is 0 Å². The van der Waals surface area contributed by atoms with Gasteiger partial charge in [0.15, 0.2) is 0 Å². The average Bonchev–Trinajstić information content (AvgIpc) is 3.48. The van der Waals surface area contributed by atoms with Gasteiger partial charge < -0.3 is 30.7 Å². The number of nitrogen functional groups attached to an aromatic ring is 1. The van der Waals surface area contributed by atoms with E-state index in [4.69, 9.17) is 5.73 Å². The molecule has 0 unspecified atom stereocenters. The molecule has 3 amide bonds. The summed E-state index contributed by atoms with van der Waals surface area (Å²) in [6.45, 7) is 4.70. The van der Waals surface area contributed by atoms with Gasteiger partial charge in [0, 0.05) is 59.8 Å². The van der Waals surface area contributed by atoms with Gasteiger partial charge in [0.1, 0.15) is 6.04 Å². The maximum absolute atomic E-state index is 14.0. The Bertz CT molecular complexity index is 1550. The van der Waals surface area contributed by atoms with E-state index in [-0.39, 0.29) is 23.7 Å². The molecule has 3 aromatic rings. The average molecular weight is 758 g/mol. The number of halogens is 2. The Balaban J connectivity index is 1.11. The van der Waals surface area contributed by atoms with E-state index in [2.05, 4.69) is 47.1 Å². The molecule has 4 N–H and O–H groups in total. The lowest BCUT2D eigenvalue weighted by Gasteiger charge is -2.41. The van der Waals surface area contributed by atoms with Gasteiger partial charge in [-0.3, -0.25) is 9.36 Å². The van der Waals surface area contributed by atoms with E-state index >= 15 is 0 Å². The van der Waals surface area contributed by atoms with Gasteiger partial charge in [-0.25, -0.2) is 9.59 Å². The van der Waals surface area contributed by atoms with Gasteiger partial charge in [0.05, 0.1) is 11.4 Å². The van der Waals surface area contributed by atoms with Crippen molar-refractivity contribution in [2.75, 3.05) is 45.0 Å². The summed E-state index contributed by atoms with van der Waals surface area (Å²) in [6.07, 6.45) is 9.29.